The summed E-state index contributed by atoms with van der Waals surface area (Å²) in [4.78, 5) is 39.1. The van der Waals surface area contributed by atoms with Crippen LogP contribution in [0.2, 0.25) is 0 Å². The average molecular weight is 496 g/mol. The molecule has 2 aromatic carbocycles. The van der Waals surface area contributed by atoms with Crippen LogP contribution in [0.4, 0.5) is 4.79 Å². The fourth-order valence-electron chi connectivity index (χ4n) is 4.26. The second-order valence-corrected chi connectivity index (χ2v) is 8.64. The summed E-state index contributed by atoms with van der Waals surface area (Å²) >= 11 is 0. The van der Waals surface area contributed by atoms with Gasteiger partial charge in [-0.15, -0.1) is 0 Å². The van der Waals surface area contributed by atoms with Crippen LogP contribution >= 0.6 is 0 Å². The number of fused-ring (bicyclic) bond motifs is 1. The number of hydrogen-bond donors (Lipinski definition) is 2. The molecule has 1 unspecified atom stereocenters. The van der Waals surface area contributed by atoms with Gasteiger partial charge in [-0.1, -0.05) is 38.0 Å². The zero-order valence-electron chi connectivity index (χ0n) is 21.3. The third kappa shape index (κ3) is 5.62. The quantitative estimate of drug-likeness (QED) is 0.419. The van der Waals surface area contributed by atoms with Crippen LogP contribution in [-0.2, 0) is 11.3 Å². The number of rotatable bonds is 10. The smallest absolute Gasteiger partial charge is 0.324 e. The Morgan fingerprint density at radius 3 is 2.42 bits per heavy atom. The Kier molecular flexibility index (Phi) is 8.58. The van der Waals surface area contributed by atoms with Crippen LogP contribution in [-0.4, -0.2) is 53.7 Å². The van der Waals surface area contributed by atoms with Gasteiger partial charge in [0.15, 0.2) is 0 Å². The van der Waals surface area contributed by atoms with Gasteiger partial charge in [0.25, 0.3) is 5.91 Å². The number of aryl methyl sites for hydroxylation is 1. The molecule has 1 atom stereocenters. The fraction of sp³-hybridized carbons (Fsp3) is 0.370. The van der Waals surface area contributed by atoms with Gasteiger partial charge in [-0.05, 0) is 43.2 Å². The first-order valence-corrected chi connectivity index (χ1v) is 11.8. The van der Waals surface area contributed by atoms with E-state index in [0.29, 0.717) is 28.8 Å². The molecule has 0 aliphatic heterocycles. The number of aromatic nitrogens is 1. The van der Waals surface area contributed by atoms with Crippen LogP contribution in [0.15, 0.2) is 42.5 Å². The number of amides is 3. The molecule has 1 heterocycles. The number of aliphatic carboxylic acids is 1. The number of carboxylic acid groups (broad SMARTS) is 1. The van der Waals surface area contributed by atoms with Gasteiger partial charge in [-0.25, -0.2) is 4.79 Å². The first-order chi connectivity index (χ1) is 17.2. The monoisotopic (exact) mass is 495 g/mol. The minimum Gasteiger partial charge on any atom is -0.496 e. The third-order valence-electron chi connectivity index (χ3n) is 6.20. The number of para-hydroxylation sites is 1. The van der Waals surface area contributed by atoms with Gasteiger partial charge in [-0.3, -0.25) is 14.5 Å². The topological polar surface area (TPSA) is 110 Å². The van der Waals surface area contributed by atoms with Gasteiger partial charge in [0.05, 0.1) is 20.3 Å². The van der Waals surface area contributed by atoms with E-state index in [4.69, 9.17) is 9.47 Å². The number of urea groups is 1. The van der Waals surface area contributed by atoms with Crippen molar-refractivity contribution in [2.45, 2.75) is 45.7 Å². The van der Waals surface area contributed by atoms with Crippen molar-refractivity contribution in [3.05, 3.63) is 59.3 Å². The van der Waals surface area contributed by atoms with Crippen LogP contribution < -0.4 is 14.8 Å². The molecule has 0 fully saturated rings. The highest BCUT2D eigenvalue weighted by Crippen LogP contribution is 2.34. The Bertz CT molecular complexity index is 1270. The third-order valence-corrected chi connectivity index (χ3v) is 6.20. The zero-order chi connectivity index (χ0) is 26.4. The molecular formula is C27H33N3O6. The minimum atomic E-state index is -1.09. The summed E-state index contributed by atoms with van der Waals surface area (Å²) in [5.41, 5.74) is 2.38. The van der Waals surface area contributed by atoms with E-state index in [0.717, 1.165) is 28.9 Å². The molecule has 0 saturated heterocycles. The maximum absolute atomic E-state index is 13.4. The first kappa shape index (κ1) is 26.6. The predicted molar refractivity (Wildman–Crippen MR) is 137 cm³/mol. The molecule has 3 amide bonds. The predicted octanol–water partition coefficient (Wildman–Crippen LogP) is 4.76. The van der Waals surface area contributed by atoms with Crippen molar-refractivity contribution >= 4 is 28.8 Å². The van der Waals surface area contributed by atoms with Gasteiger partial charge in [0.1, 0.15) is 23.7 Å². The van der Waals surface area contributed by atoms with Crippen LogP contribution in [0.25, 0.3) is 10.9 Å². The molecule has 0 aliphatic carbocycles. The molecule has 0 saturated carbocycles. The van der Waals surface area contributed by atoms with E-state index in [9.17, 15) is 19.5 Å². The summed E-state index contributed by atoms with van der Waals surface area (Å²) in [5, 5.41) is 13.1. The van der Waals surface area contributed by atoms with Crippen molar-refractivity contribution in [2.75, 3.05) is 21.3 Å². The second kappa shape index (κ2) is 11.6. The number of carbonyl (C=O) groups is 3. The number of carbonyl (C=O) groups excluding carboxylic acids is 2. The lowest BCUT2D eigenvalue weighted by Gasteiger charge is -2.25. The standard InChI is InChI=1S/C27H33N3O6/c1-6-7-11-20(19-15-23(35-4)17(2)13-24(19)36-5)28-27(34)29(3)26(33)22-14-18-10-8-9-12-21(18)30(22)16-25(31)32/h8-10,12-15,20H,6-7,11,16H2,1-5H3,(H,28,34)(H,31,32). The lowest BCUT2D eigenvalue weighted by atomic mass is 9.98. The molecular weight excluding hydrogens is 462 g/mol. The molecule has 0 spiro atoms. The van der Waals surface area contributed by atoms with E-state index in [1.54, 1.807) is 44.6 Å². The van der Waals surface area contributed by atoms with Crippen molar-refractivity contribution in [1.82, 2.24) is 14.8 Å². The zero-order valence-corrected chi connectivity index (χ0v) is 21.3. The SMILES string of the molecule is CCCCC(NC(=O)N(C)C(=O)c1cc2ccccc2n1CC(=O)O)c1cc(OC)c(C)cc1OC. The van der Waals surface area contributed by atoms with E-state index >= 15 is 0 Å². The van der Waals surface area contributed by atoms with Crippen molar-refractivity contribution in [2.24, 2.45) is 0 Å². The Labute approximate surface area is 210 Å². The molecule has 192 valence electrons. The molecule has 0 aliphatic rings. The summed E-state index contributed by atoms with van der Waals surface area (Å²) < 4.78 is 12.5. The van der Waals surface area contributed by atoms with E-state index in [1.807, 2.05) is 19.1 Å². The summed E-state index contributed by atoms with van der Waals surface area (Å²) in [7, 11) is 4.53. The molecule has 3 aromatic rings. The van der Waals surface area contributed by atoms with Crippen molar-refractivity contribution in [3.8, 4) is 11.5 Å². The van der Waals surface area contributed by atoms with E-state index < -0.39 is 30.5 Å². The normalized spacial score (nSPS) is 11.7. The van der Waals surface area contributed by atoms with Crippen LogP contribution in [0.5, 0.6) is 11.5 Å². The highest BCUT2D eigenvalue weighted by Gasteiger charge is 2.27. The fourth-order valence-corrected chi connectivity index (χ4v) is 4.26. The van der Waals surface area contributed by atoms with Gasteiger partial charge >= 0.3 is 12.0 Å². The maximum Gasteiger partial charge on any atom is 0.324 e. The highest BCUT2D eigenvalue weighted by molar-refractivity contribution is 6.06. The minimum absolute atomic E-state index is 0.121. The van der Waals surface area contributed by atoms with E-state index in [1.165, 1.54) is 11.6 Å². The molecule has 9 nitrogen and oxygen atoms in total. The molecule has 0 bridgehead atoms. The lowest BCUT2D eigenvalue weighted by Crippen LogP contribution is -2.43. The highest BCUT2D eigenvalue weighted by atomic mass is 16.5. The molecule has 0 radical (unpaired) electrons. The first-order valence-electron chi connectivity index (χ1n) is 11.8. The Hall–Kier alpha value is -4.01. The summed E-state index contributed by atoms with van der Waals surface area (Å²) in [6.07, 6.45) is 2.39. The Morgan fingerprint density at radius 1 is 1.08 bits per heavy atom. The van der Waals surface area contributed by atoms with E-state index in [2.05, 4.69) is 12.2 Å². The second-order valence-electron chi connectivity index (χ2n) is 8.64. The number of imide groups is 1. The molecule has 36 heavy (non-hydrogen) atoms. The molecule has 2 N–H and O–H groups in total. The number of hydrogen-bond acceptors (Lipinski definition) is 5. The maximum atomic E-state index is 13.4. The largest absolute Gasteiger partial charge is 0.496 e. The number of carboxylic acids is 1. The van der Waals surface area contributed by atoms with Crippen molar-refractivity contribution in [1.29, 1.82) is 0 Å². The number of benzene rings is 2. The van der Waals surface area contributed by atoms with Gasteiger partial charge in [-0.2, -0.15) is 0 Å². The van der Waals surface area contributed by atoms with Crippen LogP contribution in [0.3, 0.4) is 0 Å². The van der Waals surface area contributed by atoms with Crippen LogP contribution in [0, 0.1) is 6.92 Å². The van der Waals surface area contributed by atoms with Gasteiger partial charge in [0, 0.05) is 23.5 Å². The summed E-state index contributed by atoms with van der Waals surface area (Å²) in [5.74, 6) is -0.403. The number of nitrogens with zero attached hydrogens (tertiary/aromatic N) is 2. The number of nitrogens with one attached hydrogen (secondary N) is 1. The van der Waals surface area contributed by atoms with Crippen molar-refractivity contribution in [3.63, 3.8) is 0 Å². The van der Waals surface area contributed by atoms with Gasteiger partial charge < -0.3 is 24.5 Å². The number of methoxy groups -OCH3 is 2. The molecule has 3 rings (SSSR count). The van der Waals surface area contributed by atoms with E-state index in [-0.39, 0.29) is 5.69 Å². The number of unbranched alkanes of at least 4 members (excludes halogenated alkanes) is 1. The summed E-state index contributed by atoms with van der Waals surface area (Å²) in [6.45, 7) is 3.57. The molecule has 9 heteroatoms. The van der Waals surface area contributed by atoms with Crippen molar-refractivity contribution < 1.29 is 29.0 Å². The Balaban J connectivity index is 1.92. The summed E-state index contributed by atoms with van der Waals surface area (Å²) in [6, 6.07) is 11.4. The van der Waals surface area contributed by atoms with Gasteiger partial charge in [0.2, 0.25) is 0 Å². The number of ether oxygens (including phenoxy) is 2. The average Bonchev–Trinajstić information content (AvgIpc) is 3.23. The van der Waals surface area contributed by atoms with Crippen LogP contribution in [0.1, 0.15) is 53.8 Å². The Morgan fingerprint density at radius 2 is 1.78 bits per heavy atom. The lowest BCUT2D eigenvalue weighted by molar-refractivity contribution is -0.137. The molecule has 1 aromatic heterocycles.